The molecule has 162 valence electrons. The summed E-state index contributed by atoms with van der Waals surface area (Å²) in [5.41, 5.74) is 3.53. The Labute approximate surface area is 180 Å². The number of aryl methyl sites for hydroxylation is 2. The van der Waals surface area contributed by atoms with E-state index in [-0.39, 0.29) is 18.3 Å². The van der Waals surface area contributed by atoms with E-state index in [4.69, 9.17) is 0 Å². The number of nitrogens with zero attached hydrogens (tertiary/aromatic N) is 7. The van der Waals surface area contributed by atoms with Crippen molar-refractivity contribution in [3.8, 4) is 0 Å². The highest BCUT2D eigenvalue weighted by atomic mass is 19.1. The standard InChI is InChI=1S/C22H26FN7O/c1-15-5-6-18(23)20-16(15)4-3-7-30(20)13-19(31)28-8-10-29(11-9-28)22-17-12-26-27(2)21(17)24-14-25-22/h5-6,12,14H,3-4,7-11,13H2,1-2H3. The molecule has 5 rings (SSSR count). The Morgan fingerprint density at radius 2 is 1.94 bits per heavy atom. The number of halogens is 1. The molecular weight excluding hydrogens is 397 g/mol. The number of hydrogen-bond acceptors (Lipinski definition) is 6. The fourth-order valence-electron chi connectivity index (χ4n) is 4.72. The molecule has 3 aromatic rings. The van der Waals surface area contributed by atoms with Crippen LogP contribution in [-0.2, 0) is 18.3 Å². The third-order valence-electron chi connectivity index (χ3n) is 6.41. The maximum absolute atomic E-state index is 14.6. The molecule has 0 atom stereocenters. The van der Waals surface area contributed by atoms with E-state index in [9.17, 15) is 9.18 Å². The second-order valence-corrected chi connectivity index (χ2v) is 8.29. The molecule has 0 saturated carbocycles. The molecule has 2 aliphatic heterocycles. The Kier molecular flexibility index (Phi) is 4.95. The Morgan fingerprint density at radius 3 is 2.74 bits per heavy atom. The summed E-state index contributed by atoms with van der Waals surface area (Å²) in [6.45, 7) is 5.54. The van der Waals surface area contributed by atoms with Gasteiger partial charge in [-0.05, 0) is 37.0 Å². The molecule has 0 unspecified atom stereocenters. The maximum atomic E-state index is 14.6. The summed E-state index contributed by atoms with van der Waals surface area (Å²) in [5.74, 6) is 0.664. The number of anilines is 2. The van der Waals surface area contributed by atoms with Crippen molar-refractivity contribution in [2.45, 2.75) is 19.8 Å². The van der Waals surface area contributed by atoms with Crippen LogP contribution >= 0.6 is 0 Å². The predicted octanol–water partition coefficient (Wildman–Crippen LogP) is 1.91. The molecule has 1 amide bonds. The van der Waals surface area contributed by atoms with E-state index in [1.165, 1.54) is 6.07 Å². The summed E-state index contributed by atoms with van der Waals surface area (Å²) in [7, 11) is 1.86. The summed E-state index contributed by atoms with van der Waals surface area (Å²) in [6.07, 6.45) is 5.14. The van der Waals surface area contributed by atoms with Gasteiger partial charge in [-0.15, -0.1) is 0 Å². The molecule has 0 spiro atoms. The molecule has 1 aromatic carbocycles. The van der Waals surface area contributed by atoms with Gasteiger partial charge in [0, 0.05) is 39.8 Å². The zero-order chi connectivity index (χ0) is 21.5. The second kappa shape index (κ2) is 7.79. The number of carbonyl (C=O) groups excluding carboxylic acids is 1. The molecule has 2 aliphatic rings. The zero-order valence-corrected chi connectivity index (χ0v) is 17.9. The largest absolute Gasteiger partial charge is 0.360 e. The van der Waals surface area contributed by atoms with Crippen LogP contribution in [0.3, 0.4) is 0 Å². The lowest BCUT2D eigenvalue weighted by Crippen LogP contribution is -2.52. The van der Waals surface area contributed by atoms with Crippen molar-refractivity contribution >= 4 is 28.4 Å². The highest BCUT2D eigenvalue weighted by Gasteiger charge is 2.28. The first-order valence-corrected chi connectivity index (χ1v) is 10.7. The molecule has 1 fully saturated rings. The van der Waals surface area contributed by atoms with Crippen LogP contribution in [0.5, 0.6) is 0 Å². The van der Waals surface area contributed by atoms with Crippen molar-refractivity contribution in [2.24, 2.45) is 7.05 Å². The lowest BCUT2D eigenvalue weighted by Gasteiger charge is -2.38. The van der Waals surface area contributed by atoms with Crippen molar-refractivity contribution in [1.82, 2.24) is 24.6 Å². The number of aromatic nitrogens is 4. The van der Waals surface area contributed by atoms with E-state index < -0.39 is 0 Å². The Balaban J connectivity index is 1.27. The monoisotopic (exact) mass is 423 g/mol. The van der Waals surface area contributed by atoms with Crippen LogP contribution < -0.4 is 9.80 Å². The first-order chi connectivity index (χ1) is 15.0. The number of benzene rings is 1. The molecule has 2 aromatic heterocycles. The lowest BCUT2D eigenvalue weighted by molar-refractivity contribution is -0.130. The summed E-state index contributed by atoms with van der Waals surface area (Å²) >= 11 is 0. The third-order valence-corrected chi connectivity index (χ3v) is 6.41. The first kappa shape index (κ1) is 19.7. The van der Waals surface area contributed by atoms with Crippen molar-refractivity contribution < 1.29 is 9.18 Å². The molecule has 0 bridgehead atoms. The maximum Gasteiger partial charge on any atom is 0.242 e. The Hall–Kier alpha value is -3.23. The summed E-state index contributed by atoms with van der Waals surface area (Å²) < 4.78 is 16.3. The van der Waals surface area contributed by atoms with Gasteiger partial charge in [-0.25, -0.2) is 14.4 Å². The van der Waals surface area contributed by atoms with Crippen molar-refractivity contribution in [3.05, 3.63) is 41.6 Å². The Morgan fingerprint density at radius 1 is 1.13 bits per heavy atom. The topological polar surface area (TPSA) is 70.4 Å². The van der Waals surface area contributed by atoms with Crippen LogP contribution in [0.1, 0.15) is 17.5 Å². The van der Waals surface area contributed by atoms with Gasteiger partial charge in [-0.2, -0.15) is 5.10 Å². The summed E-state index contributed by atoms with van der Waals surface area (Å²) in [6, 6.07) is 3.34. The number of rotatable bonds is 3. The van der Waals surface area contributed by atoms with Gasteiger partial charge in [-0.3, -0.25) is 9.48 Å². The SMILES string of the molecule is Cc1ccc(F)c2c1CCCN2CC(=O)N1CCN(c2ncnc3c2cnn3C)CC1. The smallest absolute Gasteiger partial charge is 0.242 e. The van der Waals surface area contributed by atoms with Crippen LogP contribution in [0.2, 0.25) is 0 Å². The fraction of sp³-hybridized carbons (Fsp3) is 0.455. The van der Waals surface area contributed by atoms with E-state index in [2.05, 4.69) is 20.0 Å². The van der Waals surface area contributed by atoms with Crippen molar-refractivity contribution in [1.29, 1.82) is 0 Å². The molecule has 1 saturated heterocycles. The fourth-order valence-corrected chi connectivity index (χ4v) is 4.72. The summed E-state index contributed by atoms with van der Waals surface area (Å²) in [4.78, 5) is 27.8. The van der Waals surface area contributed by atoms with Gasteiger partial charge in [0.1, 0.15) is 18.0 Å². The number of piperazine rings is 1. The number of fused-ring (bicyclic) bond motifs is 2. The minimum absolute atomic E-state index is 0.0441. The van der Waals surface area contributed by atoms with Gasteiger partial charge in [0.05, 0.1) is 23.8 Å². The quantitative estimate of drug-likeness (QED) is 0.641. The molecule has 0 aliphatic carbocycles. The minimum atomic E-state index is -0.234. The van der Waals surface area contributed by atoms with Crippen molar-refractivity contribution in [3.63, 3.8) is 0 Å². The molecule has 4 heterocycles. The predicted molar refractivity (Wildman–Crippen MR) is 117 cm³/mol. The van der Waals surface area contributed by atoms with Gasteiger partial charge in [-0.1, -0.05) is 6.07 Å². The molecule has 0 N–H and O–H groups in total. The summed E-state index contributed by atoms with van der Waals surface area (Å²) in [5, 5.41) is 5.20. The van der Waals surface area contributed by atoms with E-state index in [0.29, 0.717) is 38.4 Å². The van der Waals surface area contributed by atoms with Crippen LogP contribution in [0, 0.1) is 12.7 Å². The van der Waals surface area contributed by atoms with E-state index >= 15 is 0 Å². The minimum Gasteiger partial charge on any atom is -0.360 e. The second-order valence-electron chi connectivity index (χ2n) is 8.29. The van der Waals surface area contributed by atoms with Gasteiger partial charge in [0.15, 0.2) is 5.65 Å². The molecule has 31 heavy (non-hydrogen) atoms. The molecule has 9 heteroatoms. The lowest BCUT2D eigenvalue weighted by atomic mass is 9.96. The Bertz CT molecular complexity index is 1140. The number of carbonyl (C=O) groups is 1. The van der Waals surface area contributed by atoms with E-state index in [0.717, 1.165) is 40.8 Å². The number of amides is 1. The average molecular weight is 423 g/mol. The van der Waals surface area contributed by atoms with Gasteiger partial charge >= 0.3 is 0 Å². The van der Waals surface area contributed by atoms with E-state index in [1.807, 2.05) is 29.8 Å². The van der Waals surface area contributed by atoms with Crippen molar-refractivity contribution in [2.75, 3.05) is 49.1 Å². The highest BCUT2D eigenvalue weighted by molar-refractivity contribution is 5.87. The van der Waals surface area contributed by atoms with E-state index in [1.54, 1.807) is 17.2 Å². The normalized spacial score (nSPS) is 16.7. The van der Waals surface area contributed by atoms with Crippen LogP contribution in [-0.4, -0.2) is 69.8 Å². The third kappa shape index (κ3) is 3.47. The average Bonchev–Trinajstić information content (AvgIpc) is 3.17. The highest BCUT2D eigenvalue weighted by Crippen LogP contribution is 2.32. The number of hydrogen-bond donors (Lipinski definition) is 0. The molecular formula is C22H26FN7O. The van der Waals surface area contributed by atoms with Crippen LogP contribution in [0.15, 0.2) is 24.7 Å². The first-order valence-electron chi connectivity index (χ1n) is 10.7. The van der Waals surface area contributed by atoms with Gasteiger partial charge in [0.25, 0.3) is 0 Å². The molecule has 0 radical (unpaired) electrons. The van der Waals surface area contributed by atoms with Crippen LogP contribution in [0.25, 0.3) is 11.0 Å². The van der Waals surface area contributed by atoms with Gasteiger partial charge < -0.3 is 14.7 Å². The van der Waals surface area contributed by atoms with Gasteiger partial charge in [0.2, 0.25) is 5.91 Å². The zero-order valence-electron chi connectivity index (χ0n) is 17.9. The molecule has 8 nitrogen and oxygen atoms in total. The van der Waals surface area contributed by atoms with Crippen LogP contribution in [0.4, 0.5) is 15.9 Å².